The van der Waals surface area contributed by atoms with Gasteiger partial charge in [0.2, 0.25) is 0 Å². The number of nitrogens with one attached hydrogen (secondary N) is 1. The zero-order chi connectivity index (χ0) is 15.9. The van der Waals surface area contributed by atoms with Crippen molar-refractivity contribution in [1.82, 2.24) is 5.32 Å². The minimum atomic E-state index is 0.605. The Kier molecular flexibility index (Phi) is 6.12. The highest BCUT2D eigenvalue weighted by Crippen LogP contribution is 2.28. The SMILES string of the molecule is Brc1cccc(OCc2ccccc2)c1CNC1CCCCC1. The van der Waals surface area contributed by atoms with E-state index in [2.05, 4.69) is 45.5 Å². The van der Waals surface area contributed by atoms with Gasteiger partial charge in [-0.1, -0.05) is 71.6 Å². The van der Waals surface area contributed by atoms with Crippen molar-refractivity contribution in [3.8, 4) is 5.75 Å². The van der Waals surface area contributed by atoms with Crippen molar-refractivity contribution in [2.45, 2.75) is 51.3 Å². The van der Waals surface area contributed by atoms with E-state index in [-0.39, 0.29) is 0 Å². The Labute approximate surface area is 147 Å². The third-order valence-electron chi connectivity index (χ3n) is 4.49. The molecule has 1 aliphatic rings. The molecule has 3 rings (SSSR count). The van der Waals surface area contributed by atoms with Crippen molar-refractivity contribution in [3.05, 3.63) is 64.1 Å². The highest BCUT2D eigenvalue weighted by molar-refractivity contribution is 9.10. The lowest BCUT2D eigenvalue weighted by atomic mass is 9.95. The highest BCUT2D eigenvalue weighted by atomic mass is 79.9. The van der Waals surface area contributed by atoms with Crippen molar-refractivity contribution in [1.29, 1.82) is 0 Å². The number of rotatable bonds is 6. The molecule has 0 aromatic heterocycles. The summed E-state index contributed by atoms with van der Waals surface area (Å²) in [6, 6.07) is 17.2. The van der Waals surface area contributed by atoms with E-state index in [4.69, 9.17) is 4.74 Å². The van der Waals surface area contributed by atoms with Crippen molar-refractivity contribution < 1.29 is 4.74 Å². The van der Waals surface area contributed by atoms with Gasteiger partial charge in [0.05, 0.1) is 0 Å². The third-order valence-corrected chi connectivity index (χ3v) is 5.23. The van der Waals surface area contributed by atoms with E-state index >= 15 is 0 Å². The predicted octanol–water partition coefficient (Wildman–Crippen LogP) is 5.45. The normalized spacial score (nSPS) is 15.5. The van der Waals surface area contributed by atoms with Gasteiger partial charge in [0, 0.05) is 22.6 Å². The molecule has 2 nitrogen and oxygen atoms in total. The molecule has 0 unspecified atom stereocenters. The van der Waals surface area contributed by atoms with Crippen LogP contribution in [-0.2, 0) is 13.2 Å². The van der Waals surface area contributed by atoms with Crippen molar-refractivity contribution in [2.24, 2.45) is 0 Å². The summed E-state index contributed by atoms with van der Waals surface area (Å²) >= 11 is 3.68. The van der Waals surface area contributed by atoms with Crippen LogP contribution in [0, 0.1) is 0 Å². The molecule has 1 N–H and O–H groups in total. The molecule has 0 radical (unpaired) electrons. The van der Waals surface area contributed by atoms with Crippen LogP contribution in [-0.4, -0.2) is 6.04 Å². The maximum Gasteiger partial charge on any atom is 0.125 e. The first-order valence-corrected chi connectivity index (χ1v) is 9.30. The lowest BCUT2D eigenvalue weighted by molar-refractivity contribution is 0.299. The molecule has 1 fully saturated rings. The largest absolute Gasteiger partial charge is 0.489 e. The minimum absolute atomic E-state index is 0.605. The fraction of sp³-hybridized carbons (Fsp3) is 0.400. The molecule has 2 aromatic rings. The fourth-order valence-corrected chi connectivity index (χ4v) is 3.62. The molecule has 0 spiro atoms. The van der Waals surface area contributed by atoms with E-state index in [1.807, 2.05) is 24.3 Å². The van der Waals surface area contributed by atoms with Gasteiger partial charge in [-0.25, -0.2) is 0 Å². The van der Waals surface area contributed by atoms with Gasteiger partial charge < -0.3 is 10.1 Å². The molecule has 2 aromatic carbocycles. The predicted molar refractivity (Wildman–Crippen MR) is 98.6 cm³/mol. The van der Waals surface area contributed by atoms with E-state index in [1.54, 1.807) is 0 Å². The van der Waals surface area contributed by atoms with Crippen LogP contribution in [0.5, 0.6) is 5.75 Å². The average molecular weight is 374 g/mol. The third kappa shape index (κ3) is 4.82. The molecule has 1 saturated carbocycles. The minimum Gasteiger partial charge on any atom is -0.489 e. The lowest BCUT2D eigenvalue weighted by Gasteiger charge is -2.24. The van der Waals surface area contributed by atoms with Gasteiger partial charge >= 0.3 is 0 Å². The van der Waals surface area contributed by atoms with Gasteiger partial charge in [0.15, 0.2) is 0 Å². The van der Waals surface area contributed by atoms with Gasteiger partial charge in [-0.3, -0.25) is 0 Å². The van der Waals surface area contributed by atoms with Crippen molar-refractivity contribution >= 4 is 15.9 Å². The van der Waals surface area contributed by atoms with Crippen LogP contribution in [0.2, 0.25) is 0 Å². The van der Waals surface area contributed by atoms with Gasteiger partial charge in [-0.05, 0) is 30.5 Å². The number of ether oxygens (including phenoxy) is 1. The first-order valence-electron chi connectivity index (χ1n) is 8.50. The zero-order valence-electron chi connectivity index (χ0n) is 13.4. The second-order valence-corrected chi connectivity index (χ2v) is 7.06. The summed E-state index contributed by atoms with van der Waals surface area (Å²) in [5, 5.41) is 3.71. The Hall–Kier alpha value is -1.32. The quantitative estimate of drug-likeness (QED) is 0.726. The maximum atomic E-state index is 6.07. The lowest BCUT2D eigenvalue weighted by Crippen LogP contribution is -2.30. The fourth-order valence-electron chi connectivity index (χ4n) is 3.13. The molecular weight excluding hydrogens is 350 g/mol. The molecule has 0 atom stereocenters. The molecule has 0 amide bonds. The second-order valence-electron chi connectivity index (χ2n) is 6.21. The van der Waals surface area contributed by atoms with Gasteiger partial charge in [0.25, 0.3) is 0 Å². The second kappa shape index (κ2) is 8.51. The van der Waals surface area contributed by atoms with E-state index in [0.717, 1.165) is 16.8 Å². The topological polar surface area (TPSA) is 21.3 Å². The number of benzene rings is 2. The van der Waals surface area contributed by atoms with Crippen molar-refractivity contribution in [2.75, 3.05) is 0 Å². The van der Waals surface area contributed by atoms with Crippen LogP contribution in [0.15, 0.2) is 53.0 Å². The summed E-state index contributed by atoms with van der Waals surface area (Å²) < 4.78 is 7.19. The Bertz CT molecular complexity index is 608. The summed E-state index contributed by atoms with van der Waals surface area (Å²) in [5.74, 6) is 0.964. The van der Waals surface area contributed by atoms with Crippen LogP contribution in [0.25, 0.3) is 0 Å². The van der Waals surface area contributed by atoms with Gasteiger partial charge in [-0.15, -0.1) is 0 Å². The van der Waals surface area contributed by atoms with Gasteiger partial charge in [0.1, 0.15) is 12.4 Å². The summed E-state index contributed by atoms with van der Waals surface area (Å²) in [6.07, 6.45) is 6.68. The average Bonchev–Trinajstić information content (AvgIpc) is 2.61. The van der Waals surface area contributed by atoms with Gasteiger partial charge in [-0.2, -0.15) is 0 Å². The van der Waals surface area contributed by atoms with E-state index < -0.39 is 0 Å². The zero-order valence-corrected chi connectivity index (χ0v) is 15.0. The first kappa shape index (κ1) is 16.5. The number of hydrogen-bond donors (Lipinski definition) is 1. The van der Waals surface area contributed by atoms with Crippen molar-refractivity contribution in [3.63, 3.8) is 0 Å². The molecule has 0 saturated heterocycles. The molecule has 0 aliphatic heterocycles. The van der Waals surface area contributed by atoms with Crippen LogP contribution in [0.1, 0.15) is 43.2 Å². The Balaban J connectivity index is 1.64. The molecule has 0 heterocycles. The van der Waals surface area contributed by atoms with Crippen LogP contribution in [0.4, 0.5) is 0 Å². The Morgan fingerprint density at radius 2 is 1.74 bits per heavy atom. The van der Waals surface area contributed by atoms with Crippen LogP contribution >= 0.6 is 15.9 Å². The van der Waals surface area contributed by atoms with Crippen LogP contribution < -0.4 is 10.1 Å². The summed E-state index contributed by atoms with van der Waals surface area (Å²) in [5.41, 5.74) is 2.41. The van der Waals surface area contributed by atoms with E-state index in [0.29, 0.717) is 12.6 Å². The molecule has 23 heavy (non-hydrogen) atoms. The van der Waals surface area contributed by atoms with Crippen LogP contribution in [0.3, 0.4) is 0 Å². The standard InChI is InChI=1S/C20H24BrNO/c21-19-12-7-13-20(23-15-16-8-3-1-4-9-16)18(19)14-22-17-10-5-2-6-11-17/h1,3-4,7-9,12-13,17,22H,2,5-6,10-11,14-15H2. The number of hydrogen-bond acceptors (Lipinski definition) is 2. The number of halogens is 1. The summed E-state index contributed by atoms with van der Waals surface area (Å²) in [4.78, 5) is 0. The summed E-state index contributed by atoms with van der Waals surface area (Å²) in [6.45, 7) is 1.46. The smallest absolute Gasteiger partial charge is 0.125 e. The Morgan fingerprint density at radius 3 is 2.52 bits per heavy atom. The molecule has 122 valence electrons. The van der Waals surface area contributed by atoms with E-state index in [1.165, 1.54) is 43.2 Å². The first-order chi connectivity index (χ1) is 11.3. The molecule has 0 bridgehead atoms. The maximum absolute atomic E-state index is 6.07. The van der Waals surface area contributed by atoms with E-state index in [9.17, 15) is 0 Å². The summed E-state index contributed by atoms with van der Waals surface area (Å²) in [7, 11) is 0. The Morgan fingerprint density at radius 1 is 0.957 bits per heavy atom. The molecule has 3 heteroatoms. The highest BCUT2D eigenvalue weighted by Gasteiger charge is 2.15. The molecule has 1 aliphatic carbocycles. The monoisotopic (exact) mass is 373 g/mol. The molecular formula is C20H24BrNO.